The van der Waals surface area contributed by atoms with Gasteiger partial charge in [-0.1, -0.05) is 6.92 Å². The fourth-order valence-electron chi connectivity index (χ4n) is 1.73. The van der Waals surface area contributed by atoms with Gasteiger partial charge in [-0.25, -0.2) is 4.98 Å². The molecule has 2 rings (SSSR count). The Labute approximate surface area is 145 Å². The quantitative estimate of drug-likeness (QED) is 0.482. The Bertz CT molecular complexity index is 710. The second-order valence-electron chi connectivity index (χ2n) is 5.27. The van der Waals surface area contributed by atoms with E-state index in [-0.39, 0.29) is 36.7 Å². The van der Waals surface area contributed by atoms with E-state index >= 15 is 0 Å². The van der Waals surface area contributed by atoms with Crippen molar-refractivity contribution in [1.82, 2.24) is 9.55 Å². The van der Waals surface area contributed by atoms with E-state index in [9.17, 15) is 9.59 Å². The van der Waals surface area contributed by atoms with Crippen molar-refractivity contribution in [2.75, 3.05) is 32.6 Å². The average molecular weight is 352 g/mol. The number of amides is 1. The van der Waals surface area contributed by atoms with Crippen LogP contribution >= 0.6 is 0 Å². The monoisotopic (exact) mass is 352 g/mol. The maximum Gasteiger partial charge on any atom is 0.281 e. The summed E-state index contributed by atoms with van der Waals surface area (Å²) in [7, 11) is 4.58. The number of aromatic nitrogens is 2. The maximum absolute atomic E-state index is 12.3. The van der Waals surface area contributed by atoms with Crippen molar-refractivity contribution in [2.45, 2.75) is 32.9 Å². The third-order valence-electron chi connectivity index (χ3n) is 3.40. The lowest BCUT2D eigenvalue weighted by molar-refractivity contribution is -0.121. The van der Waals surface area contributed by atoms with Crippen LogP contribution in [0.25, 0.3) is 0 Å². The molecule has 0 fully saturated rings. The molecule has 1 N–H and O–H groups in total. The lowest BCUT2D eigenvalue weighted by Gasteiger charge is -2.24. The van der Waals surface area contributed by atoms with E-state index in [0.717, 1.165) is 6.42 Å². The van der Waals surface area contributed by atoms with Gasteiger partial charge in [-0.2, -0.15) is 5.11 Å². The van der Waals surface area contributed by atoms with Gasteiger partial charge in [0, 0.05) is 21.1 Å². The van der Waals surface area contributed by atoms with Crippen LogP contribution < -0.4 is 15.2 Å². The van der Waals surface area contributed by atoms with Crippen LogP contribution in [-0.2, 0) is 11.3 Å². The maximum atomic E-state index is 12.3. The molecule has 1 aliphatic heterocycles. The Hall–Kier alpha value is -2.62. The number of hydrogen-bond donors (Lipinski definition) is 1. The van der Waals surface area contributed by atoms with Crippen molar-refractivity contribution in [1.29, 1.82) is 0 Å². The molecule has 1 amide bonds. The zero-order valence-electron chi connectivity index (χ0n) is 15.1. The molecule has 10 nitrogen and oxygen atoms in total. The highest BCUT2D eigenvalue weighted by Crippen LogP contribution is 2.23. The number of aliphatic hydroxyl groups excluding tert-OH is 1. The van der Waals surface area contributed by atoms with E-state index in [4.69, 9.17) is 9.84 Å². The van der Waals surface area contributed by atoms with Gasteiger partial charge in [0.05, 0.1) is 12.6 Å². The number of aliphatic imine (C=N–C) groups is 1. The predicted molar refractivity (Wildman–Crippen MR) is 93.5 cm³/mol. The standard InChI is InChI=1S/C11H14N6O3.C4H10O/c1-12-7(15-13-2)4-17-6-14-10-9(11(17)19)16(3)8(18)5-20-10;1-3-4(2)5/h6H,4-5H2,1-3H3;4-5H,3H2,1-2H3. The number of anilines is 1. The van der Waals surface area contributed by atoms with Crippen LogP contribution in [0.3, 0.4) is 0 Å². The van der Waals surface area contributed by atoms with Gasteiger partial charge < -0.3 is 14.7 Å². The van der Waals surface area contributed by atoms with Crippen LogP contribution in [0.5, 0.6) is 5.88 Å². The molecule has 1 unspecified atom stereocenters. The van der Waals surface area contributed by atoms with Crippen molar-refractivity contribution in [2.24, 2.45) is 15.2 Å². The molecule has 0 saturated carbocycles. The summed E-state index contributed by atoms with van der Waals surface area (Å²) < 4.78 is 6.43. The summed E-state index contributed by atoms with van der Waals surface area (Å²) in [4.78, 5) is 33.1. The van der Waals surface area contributed by atoms with Crippen molar-refractivity contribution < 1.29 is 14.6 Å². The molecule has 0 saturated heterocycles. The molecule has 0 bridgehead atoms. The van der Waals surface area contributed by atoms with Gasteiger partial charge in [-0.05, 0) is 13.3 Å². The number of amidine groups is 1. The van der Waals surface area contributed by atoms with Crippen molar-refractivity contribution in [3.63, 3.8) is 0 Å². The van der Waals surface area contributed by atoms with Gasteiger partial charge >= 0.3 is 0 Å². The van der Waals surface area contributed by atoms with Gasteiger partial charge in [0.15, 0.2) is 18.1 Å². The number of hydrogen-bond acceptors (Lipinski definition) is 7. The normalized spacial score (nSPS) is 15.4. The molecule has 138 valence electrons. The molecule has 1 aromatic rings. The number of azo groups is 1. The predicted octanol–water partition coefficient (Wildman–Crippen LogP) is 0.486. The minimum Gasteiger partial charge on any atom is -0.466 e. The Balaban J connectivity index is 0.000000550. The van der Waals surface area contributed by atoms with E-state index in [1.54, 1.807) is 14.0 Å². The third kappa shape index (κ3) is 5.45. The fraction of sp³-hybridized carbons (Fsp3) is 0.600. The van der Waals surface area contributed by atoms with E-state index in [1.165, 1.54) is 29.9 Å². The number of likely N-dealkylation sites (N-methyl/N-ethyl adjacent to an activating group) is 1. The van der Waals surface area contributed by atoms with Gasteiger partial charge in [0.2, 0.25) is 5.88 Å². The average Bonchev–Trinajstić information content (AvgIpc) is 2.60. The Kier molecular flexibility index (Phi) is 7.86. The van der Waals surface area contributed by atoms with Crippen LogP contribution in [0, 0.1) is 0 Å². The molecule has 10 heteroatoms. The molecular weight excluding hydrogens is 328 g/mol. The number of carbonyl (C=O) groups excluding carboxylic acids is 1. The van der Waals surface area contributed by atoms with Crippen LogP contribution in [0.4, 0.5) is 5.69 Å². The first-order chi connectivity index (χ1) is 11.8. The number of carbonyl (C=O) groups is 1. The van der Waals surface area contributed by atoms with Crippen molar-refractivity contribution in [3.05, 3.63) is 16.7 Å². The number of rotatable bonds is 3. The Morgan fingerprint density at radius 2 is 2.08 bits per heavy atom. The van der Waals surface area contributed by atoms with Crippen LogP contribution in [0.1, 0.15) is 20.3 Å². The number of nitrogens with zero attached hydrogens (tertiary/aromatic N) is 6. The largest absolute Gasteiger partial charge is 0.466 e. The van der Waals surface area contributed by atoms with Gasteiger partial charge in [-0.15, -0.1) is 5.11 Å². The topological polar surface area (TPSA) is 122 Å². The fourth-order valence-corrected chi connectivity index (χ4v) is 1.73. The molecular formula is C15H24N6O4. The first-order valence-electron chi connectivity index (χ1n) is 7.77. The molecule has 0 aromatic carbocycles. The number of fused-ring (bicyclic) bond motifs is 1. The van der Waals surface area contributed by atoms with Gasteiger partial charge in [-0.3, -0.25) is 19.1 Å². The molecule has 0 radical (unpaired) electrons. The lowest BCUT2D eigenvalue weighted by Crippen LogP contribution is -2.41. The Morgan fingerprint density at radius 1 is 1.44 bits per heavy atom. The Morgan fingerprint density at radius 3 is 2.60 bits per heavy atom. The van der Waals surface area contributed by atoms with Gasteiger partial charge in [0.25, 0.3) is 11.5 Å². The highest BCUT2D eigenvalue weighted by atomic mass is 16.5. The smallest absolute Gasteiger partial charge is 0.281 e. The molecule has 1 aliphatic rings. The van der Waals surface area contributed by atoms with E-state index < -0.39 is 5.56 Å². The molecule has 25 heavy (non-hydrogen) atoms. The van der Waals surface area contributed by atoms with E-state index in [1.807, 2.05) is 6.92 Å². The van der Waals surface area contributed by atoms with Crippen molar-refractivity contribution >= 4 is 17.4 Å². The van der Waals surface area contributed by atoms with E-state index in [2.05, 4.69) is 20.2 Å². The molecule has 1 atom stereocenters. The zero-order chi connectivity index (χ0) is 19.0. The second kappa shape index (κ2) is 9.62. The van der Waals surface area contributed by atoms with E-state index in [0.29, 0.717) is 5.84 Å². The third-order valence-corrected chi connectivity index (χ3v) is 3.40. The molecule has 2 heterocycles. The number of aliphatic hydroxyl groups is 1. The minimum absolute atomic E-state index is 0.116. The first kappa shape index (κ1) is 20.4. The van der Waals surface area contributed by atoms with Crippen LogP contribution in [-0.4, -0.2) is 60.3 Å². The summed E-state index contributed by atoms with van der Waals surface area (Å²) in [6.07, 6.45) is 2.08. The summed E-state index contributed by atoms with van der Waals surface area (Å²) in [6.45, 7) is 3.73. The zero-order valence-corrected chi connectivity index (χ0v) is 15.1. The first-order valence-corrected chi connectivity index (χ1v) is 7.77. The lowest BCUT2D eigenvalue weighted by atomic mass is 10.3. The summed E-state index contributed by atoms with van der Waals surface area (Å²) in [5.74, 6) is 0.231. The summed E-state index contributed by atoms with van der Waals surface area (Å²) in [5.41, 5.74) is -0.273. The molecule has 0 spiro atoms. The van der Waals surface area contributed by atoms with Gasteiger partial charge in [0.1, 0.15) is 6.33 Å². The number of ether oxygens (including phenoxy) is 1. The summed E-state index contributed by atoms with van der Waals surface area (Å²) in [6, 6.07) is 0. The second-order valence-corrected chi connectivity index (χ2v) is 5.27. The summed E-state index contributed by atoms with van der Waals surface area (Å²) in [5, 5.41) is 15.8. The van der Waals surface area contributed by atoms with Crippen LogP contribution in [0.15, 0.2) is 26.3 Å². The summed E-state index contributed by atoms with van der Waals surface area (Å²) >= 11 is 0. The molecule has 0 aliphatic carbocycles. The highest BCUT2D eigenvalue weighted by molar-refractivity contribution is 5.96. The molecule has 1 aromatic heterocycles. The van der Waals surface area contributed by atoms with Crippen LogP contribution in [0.2, 0.25) is 0 Å². The van der Waals surface area contributed by atoms with Crippen molar-refractivity contribution in [3.8, 4) is 5.88 Å². The highest BCUT2D eigenvalue weighted by Gasteiger charge is 2.27. The SMILES string of the molecule is CCC(C)O.CN=NC(Cn1cnc2c(c1=O)N(C)C(=O)CO2)=NC. The minimum atomic E-state index is -0.391.